The molecule has 1 fully saturated rings. The van der Waals surface area contributed by atoms with Crippen LogP contribution in [0.15, 0.2) is 24.5 Å². The lowest BCUT2D eigenvalue weighted by Gasteiger charge is -2.34. The van der Waals surface area contributed by atoms with Gasteiger partial charge in [0.1, 0.15) is 0 Å². The number of aryl methyl sites for hydroxylation is 1. The highest BCUT2D eigenvalue weighted by Gasteiger charge is 2.27. The van der Waals surface area contributed by atoms with Crippen molar-refractivity contribution < 1.29 is 4.79 Å². The Labute approximate surface area is 124 Å². The van der Waals surface area contributed by atoms with Gasteiger partial charge >= 0.3 is 0 Å². The molecule has 1 aliphatic rings. The van der Waals surface area contributed by atoms with E-state index in [9.17, 15) is 4.79 Å². The molecule has 1 saturated heterocycles. The highest BCUT2D eigenvalue weighted by Crippen LogP contribution is 2.24. The van der Waals surface area contributed by atoms with Crippen molar-refractivity contribution in [1.82, 2.24) is 20.2 Å². The summed E-state index contributed by atoms with van der Waals surface area (Å²) in [5.74, 6) is -0.0191. The topological polar surface area (TPSA) is 59.0 Å². The van der Waals surface area contributed by atoms with Gasteiger partial charge in [-0.2, -0.15) is 0 Å². The largest absolute Gasteiger partial charge is 0.351 e. The Morgan fingerprint density at radius 1 is 1.52 bits per heavy atom. The Hall–Kier alpha value is -1.88. The Balaban J connectivity index is 1.69. The zero-order valence-electron chi connectivity index (χ0n) is 12.6. The maximum atomic E-state index is 12.3. The first-order valence-corrected chi connectivity index (χ1v) is 7.47. The number of hydrogen-bond donors (Lipinski definition) is 2. The third-order valence-electron chi connectivity index (χ3n) is 4.35. The van der Waals surface area contributed by atoms with Gasteiger partial charge in [-0.05, 0) is 43.0 Å². The molecule has 0 bridgehead atoms. The van der Waals surface area contributed by atoms with Gasteiger partial charge in [-0.3, -0.25) is 4.79 Å². The molecular formula is C16H22N4O. The van der Waals surface area contributed by atoms with Crippen LogP contribution in [0.5, 0.6) is 0 Å². The molecule has 5 nitrogen and oxygen atoms in total. The maximum Gasteiger partial charge on any atom is 0.251 e. The van der Waals surface area contributed by atoms with Gasteiger partial charge in [-0.1, -0.05) is 6.92 Å². The first kappa shape index (κ1) is 14.1. The number of piperidine rings is 1. The van der Waals surface area contributed by atoms with Gasteiger partial charge in [0.15, 0.2) is 0 Å². The van der Waals surface area contributed by atoms with Crippen LogP contribution in [-0.4, -0.2) is 35.1 Å². The third kappa shape index (κ3) is 2.93. The fourth-order valence-corrected chi connectivity index (χ4v) is 2.94. The second-order valence-electron chi connectivity index (χ2n) is 6.33. The number of carbonyl (C=O) groups excluding carboxylic acids is 1. The number of nitrogens with zero attached hydrogens (tertiary/aromatic N) is 2. The number of benzene rings is 1. The van der Waals surface area contributed by atoms with Crippen LogP contribution < -0.4 is 10.6 Å². The van der Waals surface area contributed by atoms with E-state index in [1.165, 1.54) is 6.42 Å². The average molecular weight is 286 g/mol. The fourth-order valence-electron chi connectivity index (χ4n) is 2.94. The molecule has 2 heterocycles. The zero-order chi connectivity index (χ0) is 14.9. The predicted molar refractivity (Wildman–Crippen MR) is 83.3 cm³/mol. The quantitative estimate of drug-likeness (QED) is 0.903. The molecule has 0 aliphatic carbocycles. The first-order valence-electron chi connectivity index (χ1n) is 7.47. The predicted octanol–water partition coefficient (Wildman–Crippen LogP) is 1.69. The number of amides is 1. The summed E-state index contributed by atoms with van der Waals surface area (Å²) in [5.41, 5.74) is 2.72. The van der Waals surface area contributed by atoms with E-state index in [1.807, 2.05) is 29.8 Å². The van der Waals surface area contributed by atoms with E-state index in [-0.39, 0.29) is 11.3 Å². The molecule has 1 aliphatic heterocycles. The van der Waals surface area contributed by atoms with E-state index in [1.54, 1.807) is 6.33 Å². The summed E-state index contributed by atoms with van der Waals surface area (Å²) in [6.45, 7) is 4.98. The number of carbonyl (C=O) groups is 1. The molecule has 3 rings (SSSR count). The zero-order valence-corrected chi connectivity index (χ0v) is 12.6. The third-order valence-corrected chi connectivity index (χ3v) is 4.35. The molecule has 1 amide bonds. The van der Waals surface area contributed by atoms with Crippen molar-refractivity contribution in [2.45, 2.75) is 19.8 Å². The molecule has 21 heavy (non-hydrogen) atoms. The monoisotopic (exact) mass is 286 g/mol. The molecule has 0 radical (unpaired) electrons. The second kappa shape index (κ2) is 5.48. The van der Waals surface area contributed by atoms with Gasteiger partial charge in [0.05, 0.1) is 17.4 Å². The lowest BCUT2D eigenvalue weighted by Crippen LogP contribution is -2.45. The summed E-state index contributed by atoms with van der Waals surface area (Å²) in [6.07, 6.45) is 4.09. The van der Waals surface area contributed by atoms with E-state index >= 15 is 0 Å². The van der Waals surface area contributed by atoms with Gasteiger partial charge in [0, 0.05) is 25.7 Å². The first-order chi connectivity index (χ1) is 10.1. The van der Waals surface area contributed by atoms with Gasteiger partial charge in [0.25, 0.3) is 5.91 Å². The molecule has 2 N–H and O–H groups in total. The van der Waals surface area contributed by atoms with Crippen molar-refractivity contribution in [2.75, 3.05) is 19.6 Å². The van der Waals surface area contributed by atoms with Crippen LogP contribution in [0.3, 0.4) is 0 Å². The number of fused-ring (bicyclic) bond motifs is 1. The van der Waals surface area contributed by atoms with Crippen LogP contribution in [0.25, 0.3) is 11.0 Å². The Bertz CT molecular complexity index is 655. The minimum absolute atomic E-state index is 0.0191. The standard InChI is InChI=1S/C16H22N4O/c1-16(6-3-7-17-9-16)10-18-15(21)12-4-5-14-13(8-12)19-11-20(14)2/h4-5,8,11,17H,3,6-7,9-10H2,1-2H3,(H,18,21). The van der Waals surface area contributed by atoms with Crippen molar-refractivity contribution in [1.29, 1.82) is 0 Å². The summed E-state index contributed by atoms with van der Waals surface area (Å²) in [6, 6.07) is 5.66. The van der Waals surface area contributed by atoms with Crippen LogP contribution in [-0.2, 0) is 7.05 Å². The number of imidazole rings is 1. The summed E-state index contributed by atoms with van der Waals surface area (Å²) < 4.78 is 1.95. The molecule has 0 saturated carbocycles. The summed E-state index contributed by atoms with van der Waals surface area (Å²) in [7, 11) is 1.95. The van der Waals surface area contributed by atoms with Crippen molar-refractivity contribution in [2.24, 2.45) is 12.5 Å². The lowest BCUT2D eigenvalue weighted by molar-refractivity contribution is 0.0925. The number of rotatable bonds is 3. The van der Waals surface area contributed by atoms with E-state index in [0.717, 1.165) is 30.5 Å². The number of nitrogens with one attached hydrogen (secondary N) is 2. The Morgan fingerprint density at radius 3 is 3.14 bits per heavy atom. The van der Waals surface area contributed by atoms with Crippen LogP contribution in [0.4, 0.5) is 0 Å². The van der Waals surface area contributed by atoms with Crippen molar-refractivity contribution in [3.05, 3.63) is 30.1 Å². The van der Waals surface area contributed by atoms with Crippen LogP contribution in [0.2, 0.25) is 0 Å². The number of hydrogen-bond acceptors (Lipinski definition) is 3. The van der Waals surface area contributed by atoms with E-state index in [2.05, 4.69) is 22.5 Å². The SMILES string of the molecule is Cn1cnc2cc(C(=O)NCC3(C)CCCNC3)ccc21. The van der Waals surface area contributed by atoms with Gasteiger partial charge in [-0.25, -0.2) is 4.98 Å². The minimum Gasteiger partial charge on any atom is -0.351 e. The normalized spacial score (nSPS) is 22.4. The number of aromatic nitrogens is 2. The van der Waals surface area contributed by atoms with Gasteiger partial charge < -0.3 is 15.2 Å². The fraction of sp³-hybridized carbons (Fsp3) is 0.500. The summed E-state index contributed by atoms with van der Waals surface area (Å²) in [4.78, 5) is 16.6. The molecule has 0 spiro atoms. The van der Waals surface area contributed by atoms with E-state index in [4.69, 9.17) is 0 Å². The average Bonchev–Trinajstić information content (AvgIpc) is 2.87. The Kier molecular flexibility index (Phi) is 3.68. The summed E-state index contributed by atoms with van der Waals surface area (Å²) >= 11 is 0. The lowest BCUT2D eigenvalue weighted by atomic mass is 9.83. The maximum absolute atomic E-state index is 12.3. The second-order valence-corrected chi connectivity index (χ2v) is 6.33. The molecule has 112 valence electrons. The van der Waals surface area contributed by atoms with Gasteiger partial charge in [0.2, 0.25) is 0 Å². The van der Waals surface area contributed by atoms with Gasteiger partial charge in [-0.15, -0.1) is 0 Å². The summed E-state index contributed by atoms with van der Waals surface area (Å²) in [5, 5.41) is 6.47. The van der Waals surface area contributed by atoms with Crippen LogP contribution >= 0.6 is 0 Å². The minimum atomic E-state index is -0.0191. The van der Waals surface area contributed by atoms with Crippen molar-refractivity contribution in [3.63, 3.8) is 0 Å². The van der Waals surface area contributed by atoms with E-state index < -0.39 is 0 Å². The molecule has 1 aromatic heterocycles. The molecule has 1 atom stereocenters. The smallest absolute Gasteiger partial charge is 0.251 e. The van der Waals surface area contributed by atoms with Crippen LogP contribution in [0.1, 0.15) is 30.1 Å². The molecule has 1 aromatic carbocycles. The molecule has 5 heteroatoms. The highest BCUT2D eigenvalue weighted by atomic mass is 16.1. The van der Waals surface area contributed by atoms with Crippen molar-refractivity contribution in [3.8, 4) is 0 Å². The molecule has 2 aromatic rings. The molecule has 1 unspecified atom stereocenters. The van der Waals surface area contributed by atoms with Crippen molar-refractivity contribution >= 4 is 16.9 Å². The van der Waals surface area contributed by atoms with Crippen LogP contribution in [0, 0.1) is 5.41 Å². The molecular weight excluding hydrogens is 264 g/mol. The Morgan fingerprint density at radius 2 is 2.38 bits per heavy atom. The highest BCUT2D eigenvalue weighted by molar-refractivity contribution is 5.97. The van der Waals surface area contributed by atoms with E-state index in [0.29, 0.717) is 12.1 Å².